The van der Waals surface area contributed by atoms with Crippen LogP contribution in [0.2, 0.25) is 0 Å². The molecule has 1 heterocycles. The molecule has 1 fully saturated rings. The molecule has 5 heteroatoms. The number of carboxylic acids is 1. The number of aromatic carboxylic acids is 1. The highest BCUT2D eigenvalue weighted by Crippen LogP contribution is 2.33. The van der Waals surface area contributed by atoms with Crippen LogP contribution in [0, 0.1) is 12.8 Å². The number of carboxylic acid groups (broad SMARTS) is 1. The van der Waals surface area contributed by atoms with Gasteiger partial charge in [0, 0.05) is 24.6 Å². The Labute approximate surface area is 153 Å². The average molecular weight is 353 g/mol. The van der Waals surface area contributed by atoms with E-state index in [1.54, 1.807) is 0 Å². The van der Waals surface area contributed by atoms with E-state index in [0.29, 0.717) is 12.1 Å². The first-order valence-corrected chi connectivity index (χ1v) is 8.84. The molecule has 5 nitrogen and oxygen atoms in total. The molecule has 2 aromatic carbocycles. The molecule has 0 saturated carbocycles. The number of hydrogen-bond donors (Lipinski definition) is 2. The Bertz CT molecular complexity index is 768. The molecule has 136 valence electrons. The van der Waals surface area contributed by atoms with Crippen LogP contribution >= 0.6 is 0 Å². The highest BCUT2D eigenvalue weighted by Gasteiger charge is 2.27. The van der Waals surface area contributed by atoms with Crippen molar-refractivity contribution < 1.29 is 19.4 Å². The van der Waals surface area contributed by atoms with Crippen molar-refractivity contribution in [2.75, 3.05) is 13.2 Å². The Hall–Kier alpha value is -2.66. The monoisotopic (exact) mass is 353 g/mol. The van der Waals surface area contributed by atoms with Gasteiger partial charge >= 0.3 is 5.97 Å². The Morgan fingerprint density at radius 3 is 2.38 bits per heavy atom. The Morgan fingerprint density at radius 2 is 1.73 bits per heavy atom. The fraction of sp³-hybridized carbons (Fsp3) is 0.333. The van der Waals surface area contributed by atoms with Gasteiger partial charge in [0.25, 0.3) is 5.91 Å². The van der Waals surface area contributed by atoms with E-state index < -0.39 is 5.97 Å². The van der Waals surface area contributed by atoms with Gasteiger partial charge in [-0.25, -0.2) is 4.79 Å². The van der Waals surface area contributed by atoms with Crippen molar-refractivity contribution >= 4 is 11.9 Å². The minimum absolute atomic E-state index is 0.0148. The molecule has 2 aromatic rings. The quantitative estimate of drug-likeness (QED) is 0.861. The maximum absolute atomic E-state index is 12.4. The van der Waals surface area contributed by atoms with Crippen LogP contribution in [0.1, 0.15) is 50.8 Å². The lowest BCUT2D eigenvalue weighted by atomic mass is 9.89. The van der Waals surface area contributed by atoms with E-state index in [9.17, 15) is 9.59 Å². The largest absolute Gasteiger partial charge is 0.478 e. The Kier molecular flexibility index (Phi) is 5.68. The highest BCUT2D eigenvalue weighted by molar-refractivity contribution is 5.95. The third kappa shape index (κ3) is 4.29. The first kappa shape index (κ1) is 18.1. The van der Waals surface area contributed by atoms with Gasteiger partial charge < -0.3 is 15.2 Å². The molecule has 0 radical (unpaired) electrons. The third-order valence-electron chi connectivity index (χ3n) is 4.77. The normalized spacial score (nSPS) is 19.7. The molecule has 1 saturated heterocycles. The van der Waals surface area contributed by atoms with Gasteiger partial charge in [-0.2, -0.15) is 0 Å². The van der Waals surface area contributed by atoms with Gasteiger partial charge in [-0.3, -0.25) is 4.79 Å². The van der Waals surface area contributed by atoms with E-state index in [2.05, 4.69) is 36.5 Å². The second-order valence-corrected chi connectivity index (χ2v) is 6.70. The number of rotatable bonds is 5. The first-order valence-electron chi connectivity index (χ1n) is 8.84. The summed E-state index contributed by atoms with van der Waals surface area (Å²) in [5.41, 5.74) is 2.97. The second kappa shape index (κ2) is 8.15. The van der Waals surface area contributed by atoms with Gasteiger partial charge in [0.05, 0.1) is 11.7 Å². The molecule has 26 heavy (non-hydrogen) atoms. The number of hydrogen-bond acceptors (Lipinski definition) is 3. The topological polar surface area (TPSA) is 75.6 Å². The molecule has 0 aliphatic carbocycles. The molecule has 0 aromatic heterocycles. The van der Waals surface area contributed by atoms with Crippen LogP contribution in [0.15, 0.2) is 48.5 Å². The molecule has 0 bridgehead atoms. The summed E-state index contributed by atoms with van der Waals surface area (Å²) in [6.45, 7) is 3.32. The molecular weight excluding hydrogens is 330 g/mol. The van der Waals surface area contributed by atoms with Crippen molar-refractivity contribution in [3.63, 3.8) is 0 Å². The zero-order valence-corrected chi connectivity index (χ0v) is 14.8. The minimum atomic E-state index is -1.00. The lowest BCUT2D eigenvalue weighted by Gasteiger charge is -2.32. The summed E-state index contributed by atoms with van der Waals surface area (Å²) in [6.07, 6.45) is 1.96. The zero-order valence-electron chi connectivity index (χ0n) is 14.8. The van der Waals surface area contributed by atoms with Gasteiger partial charge in [-0.1, -0.05) is 29.8 Å². The summed E-state index contributed by atoms with van der Waals surface area (Å²) in [7, 11) is 0. The summed E-state index contributed by atoms with van der Waals surface area (Å²) in [5, 5.41) is 11.9. The van der Waals surface area contributed by atoms with Gasteiger partial charge in [0.1, 0.15) is 0 Å². The highest BCUT2D eigenvalue weighted by atomic mass is 16.5. The molecule has 1 amide bonds. The van der Waals surface area contributed by atoms with E-state index in [-0.39, 0.29) is 23.5 Å². The van der Waals surface area contributed by atoms with Crippen LogP contribution in [0.3, 0.4) is 0 Å². The fourth-order valence-electron chi connectivity index (χ4n) is 3.27. The van der Waals surface area contributed by atoms with E-state index in [1.807, 2.05) is 0 Å². The SMILES string of the molecule is Cc1ccc(C2OCCCC2CNC(=O)c2ccc(C(=O)O)cc2)cc1. The van der Waals surface area contributed by atoms with Crippen LogP contribution in [0.4, 0.5) is 0 Å². The van der Waals surface area contributed by atoms with Gasteiger partial charge in [0.2, 0.25) is 0 Å². The lowest BCUT2D eigenvalue weighted by Crippen LogP contribution is -2.35. The van der Waals surface area contributed by atoms with Crippen LogP contribution in [0.25, 0.3) is 0 Å². The number of benzene rings is 2. The summed E-state index contributed by atoms with van der Waals surface area (Å²) in [4.78, 5) is 23.2. The molecule has 1 aliphatic rings. The zero-order chi connectivity index (χ0) is 18.5. The predicted molar refractivity (Wildman–Crippen MR) is 98.3 cm³/mol. The number of carbonyl (C=O) groups excluding carboxylic acids is 1. The van der Waals surface area contributed by atoms with E-state index in [0.717, 1.165) is 25.0 Å². The molecule has 2 N–H and O–H groups in total. The van der Waals surface area contributed by atoms with Gasteiger partial charge in [0.15, 0.2) is 0 Å². The Balaban J connectivity index is 1.63. The van der Waals surface area contributed by atoms with Crippen molar-refractivity contribution in [1.82, 2.24) is 5.32 Å². The molecule has 3 rings (SSSR count). The van der Waals surface area contributed by atoms with Crippen molar-refractivity contribution in [1.29, 1.82) is 0 Å². The minimum Gasteiger partial charge on any atom is -0.478 e. The average Bonchev–Trinajstić information content (AvgIpc) is 2.67. The van der Waals surface area contributed by atoms with Gasteiger partial charge in [-0.15, -0.1) is 0 Å². The second-order valence-electron chi connectivity index (χ2n) is 6.70. The smallest absolute Gasteiger partial charge is 0.335 e. The van der Waals surface area contributed by atoms with Crippen molar-refractivity contribution in [2.24, 2.45) is 5.92 Å². The van der Waals surface area contributed by atoms with Crippen molar-refractivity contribution in [3.8, 4) is 0 Å². The molecule has 1 aliphatic heterocycles. The summed E-state index contributed by atoms with van der Waals surface area (Å²) >= 11 is 0. The Morgan fingerprint density at radius 1 is 1.08 bits per heavy atom. The van der Waals surface area contributed by atoms with Crippen LogP contribution in [0.5, 0.6) is 0 Å². The summed E-state index contributed by atoms with van der Waals surface area (Å²) in [5.74, 6) is -0.985. The van der Waals surface area contributed by atoms with Crippen LogP contribution < -0.4 is 5.32 Å². The fourth-order valence-corrected chi connectivity index (χ4v) is 3.27. The predicted octanol–water partition coefficient (Wildman–Crippen LogP) is 3.59. The van der Waals surface area contributed by atoms with Gasteiger partial charge in [-0.05, 0) is 49.6 Å². The molecule has 0 spiro atoms. The van der Waals surface area contributed by atoms with Crippen LogP contribution in [-0.4, -0.2) is 30.1 Å². The van der Waals surface area contributed by atoms with Crippen molar-refractivity contribution in [2.45, 2.75) is 25.9 Å². The third-order valence-corrected chi connectivity index (χ3v) is 4.77. The number of amides is 1. The number of carbonyl (C=O) groups is 2. The van der Waals surface area contributed by atoms with E-state index in [1.165, 1.54) is 29.8 Å². The maximum atomic E-state index is 12.4. The number of nitrogens with one attached hydrogen (secondary N) is 1. The summed E-state index contributed by atoms with van der Waals surface area (Å²) in [6, 6.07) is 14.3. The van der Waals surface area contributed by atoms with E-state index in [4.69, 9.17) is 9.84 Å². The van der Waals surface area contributed by atoms with Crippen molar-refractivity contribution in [3.05, 3.63) is 70.8 Å². The maximum Gasteiger partial charge on any atom is 0.335 e. The first-order chi connectivity index (χ1) is 12.5. The summed E-state index contributed by atoms with van der Waals surface area (Å²) < 4.78 is 5.98. The number of ether oxygens (including phenoxy) is 1. The standard InChI is InChI=1S/C21H23NO4/c1-14-4-6-15(7-5-14)19-18(3-2-12-26-19)13-22-20(23)16-8-10-17(11-9-16)21(24)25/h4-11,18-19H,2-3,12-13H2,1H3,(H,22,23)(H,24,25). The molecule has 2 unspecified atom stereocenters. The molecule has 2 atom stereocenters. The lowest BCUT2D eigenvalue weighted by molar-refractivity contribution is -0.0272. The molecular formula is C21H23NO4. The van der Waals surface area contributed by atoms with E-state index >= 15 is 0 Å². The number of aryl methyl sites for hydroxylation is 1. The van der Waals surface area contributed by atoms with Crippen LogP contribution in [-0.2, 0) is 4.74 Å².